The number of ether oxygens (including phenoxy) is 2. The highest BCUT2D eigenvalue weighted by molar-refractivity contribution is 5.95. The molecule has 2 aromatic carbocycles. The van der Waals surface area contributed by atoms with Crippen LogP contribution in [0.25, 0.3) is 10.9 Å². The maximum Gasteiger partial charge on any atom is 0.278 e. The summed E-state index contributed by atoms with van der Waals surface area (Å²) in [6, 6.07) is 11.1. The Bertz CT molecular complexity index is 1060. The fourth-order valence-electron chi connectivity index (χ4n) is 3.00. The SMILES string of the molecule is COc1ccc(OC)c(NC(=O)C(C(C)C)n2nnc3ccccc3c2=O)c1. The Kier molecular flexibility index (Phi) is 5.58. The molecule has 28 heavy (non-hydrogen) atoms. The lowest BCUT2D eigenvalue weighted by Gasteiger charge is -2.22. The molecule has 1 amide bonds. The van der Waals surface area contributed by atoms with Crippen molar-refractivity contribution in [3.8, 4) is 11.5 Å². The summed E-state index contributed by atoms with van der Waals surface area (Å²) < 4.78 is 11.7. The van der Waals surface area contributed by atoms with Crippen molar-refractivity contribution in [2.75, 3.05) is 19.5 Å². The minimum atomic E-state index is -0.847. The zero-order valence-electron chi connectivity index (χ0n) is 16.2. The zero-order chi connectivity index (χ0) is 20.3. The monoisotopic (exact) mass is 382 g/mol. The average molecular weight is 382 g/mol. The Labute approximate surface area is 162 Å². The third-order valence-electron chi connectivity index (χ3n) is 4.42. The summed E-state index contributed by atoms with van der Waals surface area (Å²) in [7, 11) is 3.05. The van der Waals surface area contributed by atoms with Crippen LogP contribution in [-0.4, -0.2) is 35.1 Å². The minimum Gasteiger partial charge on any atom is -0.497 e. The van der Waals surface area contributed by atoms with E-state index in [9.17, 15) is 9.59 Å². The predicted octanol–water partition coefficient (Wildman–Crippen LogP) is 2.64. The molecular weight excluding hydrogens is 360 g/mol. The average Bonchev–Trinajstić information content (AvgIpc) is 2.69. The molecule has 0 bridgehead atoms. The second kappa shape index (κ2) is 8.08. The Hall–Kier alpha value is -3.42. The molecule has 0 radical (unpaired) electrons. The number of hydrogen-bond acceptors (Lipinski definition) is 6. The lowest BCUT2D eigenvalue weighted by atomic mass is 10.0. The van der Waals surface area contributed by atoms with Crippen LogP contribution < -0.4 is 20.3 Å². The second-order valence-corrected chi connectivity index (χ2v) is 6.60. The first-order valence-corrected chi connectivity index (χ1v) is 8.83. The van der Waals surface area contributed by atoms with Crippen molar-refractivity contribution in [3.05, 3.63) is 52.8 Å². The molecule has 0 saturated heterocycles. The van der Waals surface area contributed by atoms with Crippen LogP contribution >= 0.6 is 0 Å². The van der Waals surface area contributed by atoms with Crippen LogP contribution in [0.3, 0.4) is 0 Å². The van der Waals surface area contributed by atoms with E-state index < -0.39 is 11.9 Å². The van der Waals surface area contributed by atoms with E-state index >= 15 is 0 Å². The first-order chi connectivity index (χ1) is 13.5. The highest BCUT2D eigenvalue weighted by atomic mass is 16.5. The summed E-state index contributed by atoms with van der Waals surface area (Å²) in [6.07, 6.45) is 0. The summed E-state index contributed by atoms with van der Waals surface area (Å²) in [5, 5.41) is 11.3. The molecule has 3 aromatic rings. The molecule has 3 rings (SSSR count). The first-order valence-electron chi connectivity index (χ1n) is 8.83. The van der Waals surface area contributed by atoms with E-state index in [0.717, 1.165) is 4.68 Å². The summed E-state index contributed by atoms with van der Waals surface area (Å²) >= 11 is 0. The number of hydrogen-bond donors (Lipinski definition) is 1. The van der Waals surface area contributed by atoms with Gasteiger partial charge in [-0.2, -0.15) is 4.68 Å². The van der Waals surface area contributed by atoms with Crippen LogP contribution in [0.15, 0.2) is 47.3 Å². The van der Waals surface area contributed by atoms with Gasteiger partial charge in [-0.15, -0.1) is 5.10 Å². The molecule has 1 unspecified atom stereocenters. The Morgan fingerprint density at radius 2 is 1.86 bits per heavy atom. The normalized spacial score (nSPS) is 12.0. The van der Waals surface area contributed by atoms with E-state index in [-0.39, 0.29) is 11.5 Å². The Morgan fingerprint density at radius 1 is 1.11 bits per heavy atom. The van der Waals surface area contributed by atoms with Crippen molar-refractivity contribution in [2.45, 2.75) is 19.9 Å². The molecular formula is C20H22N4O4. The number of carbonyl (C=O) groups is 1. The van der Waals surface area contributed by atoms with Gasteiger partial charge in [0, 0.05) is 6.07 Å². The number of methoxy groups -OCH3 is 2. The van der Waals surface area contributed by atoms with Crippen LogP contribution in [0.4, 0.5) is 5.69 Å². The third-order valence-corrected chi connectivity index (χ3v) is 4.42. The molecule has 8 heteroatoms. The highest BCUT2D eigenvalue weighted by Gasteiger charge is 2.28. The second-order valence-electron chi connectivity index (χ2n) is 6.60. The molecule has 146 valence electrons. The van der Waals surface area contributed by atoms with Gasteiger partial charge in [0.25, 0.3) is 5.56 Å². The maximum absolute atomic E-state index is 13.1. The van der Waals surface area contributed by atoms with Crippen LogP contribution in [0, 0.1) is 5.92 Å². The van der Waals surface area contributed by atoms with Gasteiger partial charge in [-0.1, -0.05) is 31.2 Å². The summed E-state index contributed by atoms with van der Waals surface area (Å²) in [5.74, 6) is 0.450. The molecule has 1 N–H and O–H groups in total. The predicted molar refractivity (Wildman–Crippen MR) is 106 cm³/mol. The quantitative estimate of drug-likeness (QED) is 0.704. The molecule has 1 atom stereocenters. The number of aromatic nitrogens is 3. The molecule has 8 nitrogen and oxygen atoms in total. The van der Waals surface area contributed by atoms with Crippen LogP contribution in [0.2, 0.25) is 0 Å². The minimum absolute atomic E-state index is 0.204. The lowest BCUT2D eigenvalue weighted by molar-refractivity contribution is -0.120. The van der Waals surface area contributed by atoms with Crippen LogP contribution in [0.5, 0.6) is 11.5 Å². The summed E-state index contributed by atoms with van der Waals surface area (Å²) in [5.41, 5.74) is 0.567. The van der Waals surface area contributed by atoms with Crippen LogP contribution in [0.1, 0.15) is 19.9 Å². The summed E-state index contributed by atoms with van der Waals surface area (Å²) in [6.45, 7) is 3.69. The number of amides is 1. The van der Waals surface area contributed by atoms with Gasteiger partial charge in [0.15, 0.2) is 0 Å². The molecule has 0 aliphatic heterocycles. The molecule has 1 aromatic heterocycles. The van der Waals surface area contributed by atoms with E-state index in [4.69, 9.17) is 9.47 Å². The number of fused-ring (bicyclic) bond motifs is 1. The molecule has 0 aliphatic carbocycles. The highest BCUT2D eigenvalue weighted by Crippen LogP contribution is 2.30. The molecule has 0 spiro atoms. The maximum atomic E-state index is 13.1. The van der Waals surface area contributed by atoms with E-state index in [1.54, 1.807) is 42.5 Å². The Morgan fingerprint density at radius 3 is 2.54 bits per heavy atom. The zero-order valence-corrected chi connectivity index (χ0v) is 16.2. The molecule has 0 aliphatic rings. The number of nitrogens with one attached hydrogen (secondary N) is 1. The van der Waals surface area contributed by atoms with E-state index in [1.165, 1.54) is 14.2 Å². The fraction of sp³-hybridized carbons (Fsp3) is 0.300. The number of nitrogens with zero attached hydrogens (tertiary/aromatic N) is 3. The topological polar surface area (TPSA) is 95.3 Å². The van der Waals surface area contributed by atoms with Crippen molar-refractivity contribution in [1.29, 1.82) is 0 Å². The van der Waals surface area contributed by atoms with Gasteiger partial charge in [-0.25, -0.2) is 0 Å². The van der Waals surface area contributed by atoms with Gasteiger partial charge in [-0.3, -0.25) is 9.59 Å². The lowest BCUT2D eigenvalue weighted by Crippen LogP contribution is -2.38. The standard InChI is InChI=1S/C20H22N4O4/c1-12(2)18(24-20(26)14-7-5-6-8-15(14)22-23-24)19(25)21-16-11-13(27-3)9-10-17(16)28-4/h5-12,18H,1-4H3,(H,21,25). The van der Waals surface area contributed by atoms with Gasteiger partial charge in [0.2, 0.25) is 5.91 Å². The van der Waals surface area contributed by atoms with E-state index in [0.29, 0.717) is 28.1 Å². The van der Waals surface area contributed by atoms with Gasteiger partial charge in [-0.05, 0) is 30.2 Å². The molecule has 0 fully saturated rings. The molecule has 0 saturated carbocycles. The van der Waals surface area contributed by atoms with E-state index in [1.807, 2.05) is 13.8 Å². The van der Waals surface area contributed by atoms with Crippen molar-refractivity contribution in [2.24, 2.45) is 5.92 Å². The Balaban J connectivity index is 2.01. The van der Waals surface area contributed by atoms with Gasteiger partial charge < -0.3 is 14.8 Å². The van der Waals surface area contributed by atoms with Crippen molar-refractivity contribution in [1.82, 2.24) is 15.0 Å². The van der Waals surface area contributed by atoms with Gasteiger partial charge in [0.05, 0.1) is 25.3 Å². The largest absolute Gasteiger partial charge is 0.497 e. The van der Waals surface area contributed by atoms with Gasteiger partial charge >= 0.3 is 0 Å². The van der Waals surface area contributed by atoms with Crippen molar-refractivity contribution >= 4 is 22.5 Å². The number of carbonyl (C=O) groups excluding carboxylic acids is 1. The van der Waals surface area contributed by atoms with Crippen LogP contribution in [-0.2, 0) is 4.79 Å². The third kappa shape index (κ3) is 3.66. The van der Waals surface area contributed by atoms with Crippen molar-refractivity contribution in [3.63, 3.8) is 0 Å². The number of rotatable bonds is 6. The smallest absolute Gasteiger partial charge is 0.278 e. The van der Waals surface area contributed by atoms with Crippen molar-refractivity contribution < 1.29 is 14.3 Å². The van der Waals surface area contributed by atoms with Gasteiger partial charge in [0.1, 0.15) is 23.1 Å². The van der Waals surface area contributed by atoms with E-state index in [2.05, 4.69) is 15.6 Å². The first kappa shape index (κ1) is 19.3. The summed E-state index contributed by atoms with van der Waals surface area (Å²) in [4.78, 5) is 26.0. The fourth-order valence-corrected chi connectivity index (χ4v) is 3.00. The number of benzene rings is 2. The molecule has 1 heterocycles. The number of anilines is 1.